The van der Waals surface area contributed by atoms with Gasteiger partial charge in [-0.15, -0.1) is 0 Å². The van der Waals surface area contributed by atoms with Gasteiger partial charge in [0.1, 0.15) is 0 Å². The molecule has 1 amide bonds. The number of imidazole rings is 1. The minimum atomic E-state index is -0.387. The summed E-state index contributed by atoms with van der Waals surface area (Å²) in [5.74, 6) is -0.574. The number of esters is 1. The number of nitrogens with zero attached hydrogens (tertiary/aromatic N) is 2. The van der Waals surface area contributed by atoms with Gasteiger partial charge in [0.15, 0.2) is 0 Å². The van der Waals surface area contributed by atoms with Gasteiger partial charge in [-0.2, -0.15) is 0 Å². The van der Waals surface area contributed by atoms with Gasteiger partial charge in [0.2, 0.25) is 5.91 Å². The van der Waals surface area contributed by atoms with E-state index in [-0.39, 0.29) is 11.9 Å². The highest BCUT2D eigenvalue weighted by Gasteiger charge is 2.05. The highest BCUT2D eigenvalue weighted by molar-refractivity contribution is 5.92. The molecule has 1 heterocycles. The lowest BCUT2D eigenvalue weighted by molar-refractivity contribution is -0.116. The number of amides is 1. The largest absolute Gasteiger partial charge is 0.465 e. The number of carbonyl (C=O) groups is 2. The number of carbonyl (C=O) groups excluding carboxylic acids is 2. The van der Waals surface area contributed by atoms with Gasteiger partial charge in [-0.05, 0) is 47.0 Å². The molecule has 0 aliphatic heterocycles. The van der Waals surface area contributed by atoms with E-state index in [9.17, 15) is 9.59 Å². The van der Waals surface area contributed by atoms with Crippen LogP contribution in [0.1, 0.15) is 27.0 Å². The van der Waals surface area contributed by atoms with E-state index in [1.54, 1.807) is 30.3 Å². The molecule has 4 rings (SSSR count). The van der Waals surface area contributed by atoms with Gasteiger partial charge >= 0.3 is 5.97 Å². The maximum absolute atomic E-state index is 12.2. The van der Waals surface area contributed by atoms with Crippen LogP contribution in [0.25, 0.3) is 17.1 Å². The number of benzene rings is 3. The Morgan fingerprint density at radius 1 is 1.00 bits per heavy atom. The monoisotopic (exact) mass is 425 g/mol. The number of methoxy groups -OCH3 is 1. The van der Waals surface area contributed by atoms with E-state index in [2.05, 4.69) is 37.8 Å². The first-order chi connectivity index (χ1) is 15.6. The van der Waals surface area contributed by atoms with Crippen molar-refractivity contribution < 1.29 is 14.3 Å². The summed E-state index contributed by atoms with van der Waals surface area (Å²) in [6, 6.07) is 23.0. The van der Waals surface area contributed by atoms with Gasteiger partial charge in [-0.1, -0.05) is 48.5 Å². The topological polar surface area (TPSA) is 73.2 Å². The quantitative estimate of drug-likeness (QED) is 0.356. The summed E-state index contributed by atoms with van der Waals surface area (Å²) < 4.78 is 6.79. The molecule has 6 nitrogen and oxygen atoms in total. The van der Waals surface area contributed by atoms with Gasteiger partial charge in [0.05, 0.1) is 30.0 Å². The molecule has 1 aromatic heterocycles. The van der Waals surface area contributed by atoms with E-state index < -0.39 is 0 Å². The summed E-state index contributed by atoms with van der Waals surface area (Å²) in [5, 5.41) is 2.90. The fourth-order valence-corrected chi connectivity index (χ4v) is 3.44. The summed E-state index contributed by atoms with van der Waals surface area (Å²) in [5.41, 5.74) is 5.52. The SMILES string of the molecule is COC(=O)c1ccc(/C=C/C(=O)NCc2cccc(Cn3cnc4ccccc43)c2)cc1. The summed E-state index contributed by atoms with van der Waals surface area (Å²) >= 11 is 0. The van der Waals surface area contributed by atoms with Gasteiger partial charge in [0.25, 0.3) is 0 Å². The molecule has 4 aromatic rings. The molecule has 32 heavy (non-hydrogen) atoms. The van der Waals surface area contributed by atoms with E-state index in [1.165, 1.54) is 13.2 Å². The second-order valence-electron chi connectivity index (χ2n) is 7.35. The number of hydrogen-bond donors (Lipinski definition) is 1. The molecule has 0 aliphatic rings. The summed E-state index contributed by atoms with van der Waals surface area (Å²) in [6.45, 7) is 1.15. The minimum Gasteiger partial charge on any atom is -0.465 e. The van der Waals surface area contributed by atoms with Crippen LogP contribution in [-0.4, -0.2) is 28.5 Å². The van der Waals surface area contributed by atoms with Crippen molar-refractivity contribution in [2.24, 2.45) is 0 Å². The number of ether oxygens (including phenoxy) is 1. The maximum atomic E-state index is 12.2. The maximum Gasteiger partial charge on any atom is 0.337 e. The van der Waals surface area contributed by atoms with Crippen molar-refractivity contribution in [1.29, 1.82) is 0 Å². The highest BCUT2D eigenvalue weighted by atomic mass is 16.5. The molecule has 0 atom stereocenters. The average Bonchev–Trinajstić information content (AvgIpc) is 3.24. The zero-order chi connectivity index (χ0) is 22.3. The predicted octanol–water partition coefficient (Wildman–Crippen LogP) is 4.20. The number of aromatic nitrogens is 2. The molecule has 0 unspecified atom stereocenters. The lowest BCUT2D eigenvalue weighted by atomic mass is 10.1. The Kier molecular flexibility index (Phi) is 6.41. The van der Waals surface area contributed by atoms with E-state index in [4.69, 9.17) is 0 Å². The van der Waals surface area contributed by atoms with Crippen molar-refractivity contribution in [3.63, 3.8) is 0 Å². The molecule has 0 saturated carbocycles. The van der Waals surface area contributed by atoms with Gasteiger partial charge in [-0.3, -0.25) is 4.79 Å². The third-order valence-corrected chi connectivity index (χ3v) is 5.10. The zero-order valence-electron chi connectivity index (χ0n) is 17.7. The first-order valence-corrected chi connectivity index (χ1v) is 10.2. The number of rotatable bonds is 7. The predicted molar refractivity (Wildman–Crippen MR) is 124 cm³/mol. The molecule has 0 spiro atoms. The molecule has 160 valence electrons. The Balaban J connectivity index is 1.34. The van der Waals surface area contributed by atoms with Gasteiger partial charge < -0.3 is 14.6 Å². The Labute approximate surface area is 186 Å². The summed E-state index contributed by atoms with van der Waals surface area (Å²) in [7, 11) is 1.34. The van der Waals surface area contributed by atoms with Gasteiger partial charge in [0, 0.05) is 19.2 Å². The average molecular weight is 425 g/mol. The van der Waals surface area contributed by atoms with Crippen LogP contribution in [0.5, 0.6) is 0 Å². The second-order valence-corrected chi connectivity index (χ2v) is 7.35. The lowest BCUT2D eigenvalue weighted by Gasteiger charge is -2.08. The number of fused-ring (bicyclic) bond motifs is 1. The molecule has 1 N–H and O–H groups in total. The van der Waals surface area contributed by atoms with Crippen molar-refractivity contribution in [3.8, 4) is 0 Å². The first kappa shape index (κ1) is 21.1. The van der Waals surface area contributed by atoms with E-state index in [0.29, 0.717) is 18.7 Å². The van der Waals surface area contributed by atoms with E-state index >= 15 is 0 Å². The van der Waals surface area contributed by atoms with Crippen LogP contribution in [0.2, 0.25) is 0 Å². The molecule has 0 fully saturated rings. The Morgan fingerprint density at radius 2 is 1.78 bits per heavy atom. The Morgan fingerprint density at radius 3 is 2.59 bits per heavy atom. The van der Waals surface area contributed by atoms with Gasteiger partial charge in [-0.25, -0.2) is 9.78 Å². The lowest BCUT2D eigenvalue weighted by Crippen LogP contribution is -2.20. The van der Waals surface area contributed by atoms with Crippen molar-refractivity contribution in [3.05, 3.63) is 107 Å². The number of para-hydroxylation sites is 2. The van der Waals surface area contributed by atoms with Crippen LogP contribution in [-0.2, 0) is 22.6 Å². The normalized spacial score (nSPS) is 11.0. The molecule has 0 saturated heterocycles. The second kappa shape index (κ2) is 9.75. The highest BCUT2D eigenvalue weighted by Crippen LogP contribution is 2.15. The molecule has 0 aliphatic carbocycles. The van der Waals surface area contributed by atoms with Crippen molar-refractivity contribution in [1.82, 2.24) is 14.9 Å². The smallest absolute Gasteiger partial charge is 0.337 e. The van der Waals surface area contributed by atoms with Crippen LogP contribution in [0.15, 0.2) is 85.2 Å². The standard InChI is InChI=1S/C26H23N3O3/c1-32-26(31)22-12-9-19(10-13-22)11-14-25(30)27-16-20-5-4-6-21(15-20)17-29-18-28-23-7-2-3-8-24(23)29/h2-15,18H,16-17H2,1H3,(H,27,30)/b14-11+. The summed E-state index contributed by atoms with van der Waals surface area (Å²) in [4.78, 5) is 28.1. The van der Waals surface area contributed by atoms with Crippen molar-refractivity contribution in [2.45, 2.75) is 13.1 Å². The van der Waals surface area contributed by atoms with Crippen LogP contribution >= 0.6 is 0 Å². The van der Waals surface area contributed by atoms with E-state index in [1.807, 2.05) is 36.7 Å². The van der Waals surface area contributed by atoms with Crippen molar-refractivity contribution >= 4 is 29.0 Å². The fraction of sp³-hybridized carbons (Fsp3) is 0.115. The fourth-order valence-electron chi connectivity index (χ4n) is 3.44. The van der Waals surface area contributed by atoms with E-state index in [0.717, 1.165) is 27.7 Å². The molecule has 6 heteroatoms. The third-order valence-electron chi connectivity index (χ3n) is 5.10. The molecular formula is C26H23N3O3. The summed E-state index contributed by atoms with van der Waals surface area (Å²) in [6.07, 6.45) is 5.03. The van der Waals surface area contributed by atoms with Crippen LogP contribution < -0.4 is 5.32 Å². The Hall–Kier alpha value is -4.19. The van der Waals surface area contributed by atoms with Crippen LogP contribution in [0.3, 0.4) is 0 Å². The van der Waals surface area contributed by atoms with Crippen LogP contribution in [0, 0.1) is 0 Å². The van der Waals surface area contributed by atoms with Crippen LogP contribution in [0.4, 0.5) is 0 Å². The first-order valence-electron chi connectivity index (χ1n) is 10.2. The minimum absolute atomic E-state index is 0.187. The number of nitrogens with one attached hydrogen (secondary N) is 1. The third kappa shape index (κ3) is 5.10. The molecular weight excluding hydrogens is 402 g/mol. The van der Waals surface area contributed by atoms with Crippen molar-refractivity contribution in [2.75, 3.05) is 7.11 Å². The molecule has 3 aromatic carbocycles. The number of hydrogen-bond acceptors (Lipinski definition) is 4. The molecule has 0 radical (unpaired) electrons. The molecule has 0 bridgehead atoms. The zero-order valence-corrected chi connectivity index (χ0v) is 17.7. The Bertz CT molecular complexity index is 1270.